The Morgan fingerprint density at radius 1 is 1.23 bits per heavy atom. The van der Waals surface area contributed by atoms with Crippen LogP contribution in [0.2, 0.25) is 0 Å². The Hall–Kier alpha value is -1.13. The molecule has 0 spiro atoms. The van der Waals surface area contributed by atoms with Crippen molar-refractivity contribution in [1.29, 1.82) is 0 Å². The first-order valence-electron chi connectivity index (χ1n) is 3.75. The molecule has 0 saturated heterocycles. The second-order valence-corrected chi connectivity index (χ2v) is 4.25. The molecule has 0 atom stereocenters. The van der Waals surface area contributed by atoms with E-state index in [-0.39, 0.29) is 0 Å². The number of aryl methyl sites for hydroxylation is 1. The fraction of sp³-hybridized carbons (Fsp3) is 0.111. The zero-order chi connectivity index (χ0) is 9.90. The standard InChI is InChI=1S/C9H11NO2S/c1-8-2-4-9(5-3-8)6-7-13(10,11)12/h2-7H,1H3,(H2,10,11,12)/b7-6+. The van der Waals surface area contributed by atoms with Gasteiger partial charge in [-0.05, 0) is 18.6 Å². The second kappa shape index (κ2) is 3.72. The molecule has 0 saturated carbocycles. The molecule has 0 bridgehead atoms. The van der Waals surface area contributed by atoms with Gasteiger partial charge in [0.15, 0.2) is 0 Å². The predicted octanol–water partition coefficient (Wildman–Crippen LogP) is 1.25. The first-order chi connectivity index (χ1) is 5.97. The second-order valence-electron chi connectivity index (χ2n) is 2.80. The molecule has 1 aromatic carbocycles. The number of benzene rings is 1. The van der Waals surface area contributed by atoms with Crippen LogP contribution in [-0.2, 0) is 10.0 Å². The van der Waals surface area contributed by atoms with Crippen LogP contribution in [0.3, 0.4) is 0 Å². The number of rotatable bonds is 2. The van der Waals surface area contributed by atoms with E-state index < -0.39 is 10.0 Å². The molecule has 3 nitrogen and oxygen atoms in total. The van der Waals surface area contributed by atoms with Crippen LogP contribution < -0.4 is 5.14 Å². The van der Waals surface area contributed by atoms with Gasteiger partial charge in [-0.1, -0.05) is 29.8 Å². The average molecular weight is 197 g/mol. The zero-order valence-electron chi connectivity index (χ0n) is 7.27. The van der Waals surface area contributed by atoms with Crippen molar-refractivity contribution < 1.29 is 8.42 Å². The SMILES string of the molecule is Cc1ccc(/C=C/S(N)(=O)=O)cc1. The van der Waals surface area contributed by atoms with Crippen LogP contribution in [0.4, 0.5) is 0 Å². The van der Waals surface area contributed by atoms with E-state index in [2.05, 4.69) is 0 Å². The first kappa shape index (κ1) is 9.95. The summed E-state index contributed by atoms with van der Waals surface area (Å²) in [6.07, 6.45) is 1.47. The summed E-state index contributed by atoms with van der Waals surface area (Å²) in [6, 6.07) is 7.47. The Kier molecular flexibility index (Phi) is 2.85. The maximum absolute atomic E-state index is 10.6. The molecule has 0 aliphatic heterocycles. The van der Waals surface area contributed by atoms with Gasteiger partial charge in [-0.2, -0.15) is 0 Å². The molecule has 0 heterocycles. The molecule has 0 unspecified atom stereocenters. The van der Waals surface area contributed by atoms with Crippen LogP contribution in [0.5, 0.6) is 0 Å². The molecular weight excluding hydrogens is 186 g/mol. The van der Waals surface area contributed by atoms with Crippen LogP contribution >= 0.6 is 0 Å². The fourth-order valence-corrected chi connectivity index (χ4v) is 1.20. The Labute approximate surface area is 77.9 Å². The van der Waals surface area contributed by atoms with Gasteiger partial charge < -0.3 is 0 Å². The Morgan fingerprint density at radius 2 is 1.77 bits per heavy atom. The van der Waals surface area contributed by atoms with E-state index in [0.717, 1.165) is 16.5 Å². The van der Waals surface area contributed by atoms with Gasteiger partial charge in [0, 0.05) is 5.41 Å². The zero-order valence-corrected chi connectivity index (χ0v) is 8.08. The third-order valence-electron chi connectivity index (χ3n) is 1.53. The molecule has 0 amide bonds. The van der Waals surface area contributed by atoms with Gasteiger partial charge in [0.1, 0.15) is 0 Å². The number of hydrogen-bond acceptors (Lipinski definition) is 2. The maximum atomic E-state index is 10.6. The minimum atomic E-state index is -3.51. The lowest BCUT2D eigenvalue weighted by Gasteiger charge is -1.93. The van der Waals surface area contributed by atoms with E-state index in [1.54, 1.807) is 0 Å². The molecule has 4 heteroatoms. The summed E-state index contributed by atoms with van der Waals surface area (Å²) in [6.45, 7) is 1.97. The highest BCUT2D eigenvalue weighted by atomic mass is 32.2. The van der Waals surface area contributed by atoms with E-state index in [1.807, 2.05) is 31.2 Å². The molecule has 0 aliphatic carbocycles. The van der Waals surface area contributed by atoms with Crippen molar-refractivity contribution in [3.8, 4) is 0 Å². The van der Waals surface area contributed by atoms with Gasteiger partial charge in [0.25, 0.3) is 0 Å². The van der Waals surface area contributed by atoms with Crippen molar-refractivity contribution in [2.24, 2.45) is 5.14 Å². The highest BCUT2D eigenvalue weighted by molar-refractivity contribution is 7.92. The third-order valence-corrected chi connectivity index (χ3v) is 2.04. The van der Waals surface area contributed by atoms with Gasteiger partial charge in [-0.15, -0.1) is 0 Å². The maximum Gasteiger partial charge on any atom is 0.231 e. The number of hydrogen-bond donors (Lipinski definition) is 1. The van der Waals surface area contributed by atoms with Crippen LogP contribution in [0.15, 0.2) is 29.7 Å². The van der Waals surface area contributed by atoms with Gasteiger partial charge in [-0.25, -0.2) is 13.6 Å². The summed E-state index contributed by atoms with van der Waals surface area (Å²) < 4.78 is 21.1. The Morgan fingerprint density at radius 3 is 2.23 bits per heavy atom. The lowest BCUT2D eigenvalue weighted by Crippen LogP contribution is -2.06. The van der Waals surface area contributed by atoms with Gasteiger partial charge in [0.05, 0.1) is 0 Å². The van der Waals surface area contributed by atoms with E-state index in [0.29, 0.717) is 0 Å². The summed E-state index contributed by atoms with van der Waals surface area (Å²) in [7, 11) is -3.51. The quantitative estimate of drug-likeness (QED) is 0.775. The monoisotopic (exact) mass is 197 g/mol. The van der Waals surface area contributed by atoms with E-state index in [1.165, 1.54) is 6.08 Å². The molecule has 0 aromatic heterocycles. The van der Waals surface area contributed by atoms with Crippen LogP contribution in [-0.4, -0.2) is 8.42 Å². The van der Waals surface area contributed by atoms with E-state index >= 15 is 0 Å². The minimum Gasteiger partial charge on any atom is -0.225 e. The minimum absolute atomic E-state index is 0.819. The predicted molar refractivity (Wildman–Crippen MR) is 53.3 cm³/mol. The third kappa shape index (κ3) is 3.87. The smallest absolute Gasteiger partial charge is 0.225 e. The van der Waals surface area contributed by atoms with E-state index in [9.17, 15) is 8.42 Å². The van der Waals surface area contributed by atoms with E-state index in [4.69, 9.17) is 5.14 Å². The summed E-state index contributed by atoms with van der Waals surface area (Å²) in [5.74, 6) is 0. The molecule has 1 aromatic rings. The van der Waals surface area contributed by atoms with Crippen LogP contribution in [0.25, 0.3) is 6.08 Å². The molecule has 0 radical (unpaired) electrons. The lowest BCUT2D eigenvalue weighted by molar-refractivity contribution is 0.606. The van der Waals surface area contributed by atoms with Crippen LogP contribution in [0.1, 0.15) is 11.1 Å². The summed E-state index contributed by atoms with van der Waals surface area (Å²) in [5, 5.41) is 5.78. The fourth-order valence-electron chi connectivity index (χ4n) is 0.851. The molecule has 2 N–H and O–H groups in total. The number of sulfonamides is 1. The first-order valence-corrected chi connectivity index (χ1v) is 5.36. The molecule has 70 valence electrons. The Bertz CT molecular complexity index is 404. The normalized spacial score (nSPS) is 12.2. The van der Waals surface area contributed by atoms with Gasteiger partial charge in [-0.3, -0.25) is 0 Å². The summed E-state index contributed by atoms with van der Waals surface area (Å²) >= 11 is 0. The number of nitrogens with two attached hydrogens (primary N) is 1. The van der Waals surface area contributed by atoms with Crippen molar-refractivity contribution in [3.63, 3.8) is 0 Å². The van der Waals surface area contributed by atoms with Crippen molar-refractivity contribution in [2.75, 3.05) is 0 Å². The van der Waals surface area contributed by atoms with Crippen LogP contribution in [0, 0.1) is 6.92 Å². The largest absolute Gasteiger partial charge is 0.231 e. The van der Waals surface area contributed by atoms with Crippen molar-refractivity contribution in [3.05, 3.63) is 40.8 Å². The van der Waals surface area contributed by atoms with Crippen molar-refractivity contribution in [1.82, 2.24) is 0 Å². The van der Waals surface area contributed by atoms with Crippen molar-refractivity contribution >= 4 is 16.1 Å². The topological polar surface area (TPSA) is 60.2 Å². The lowest BCUT2D eigenvalue weighted by atomic mass is 10.2. The number of primary sulfonamides is 1. The highest BCUT2D eigenvalue weighted by Crippen LogP contribution is 2.05. The average Bonchev–Trinajstić information content (AvgIpc) is 2.02. The summed E-state index contributed by atoms with van der Waals surface area (Å²) in [4.78, 5) is 0. The molecular formula is C9H11NO2S. The molecule has 0 fully saturated rings. The molecule has 0 aliphatic rings. The molecule has 1 rings (SSSR count). The Balaban J connectivity index is 2.88. The molecule has 13 heavy (non-hydrogen) atoms. The summed E-state index contributed by atoms with van der Waals surface area (Å²) in [5.41, 5.74) is 1.95. The van der Waals surface area contributed by atoms with Gasteiger partial charge in [0.2, 0.25) is 10.0 Å². The van der Waals surface area contributed by atoms with Gasteiger partial charge >= 0.3 is 0 Å². The van der Waals surface area contributed by atoms with Crippen molar-refractivity contribution in [2.45, 2.75) is 6.92 Å². The highest BCUT2D eigenvalue weighted by Gasteiger charge is 1.93.